The molecule has 0 aliphatic carbocycles. The summed E-state index contributed by atoms with van der Waals surface area (Å²) in [6.07, 6.45) is 0. The van der Waals surface area contributed by atoms with Gasteiger partial charge in [0.1, 0.15) is 5.75 Å². The Bertz CT molecular complexity index is 893. The number of para-hydroxylation sites is 2. The fourth-order valence-electron chi connectivity index (χ4n) is 2.38. The third-order valence-corrected chi connectivity index (χ3v) is 4.02. The van der Waals surface area contributed by atoms with E-state index in [9.17, 15) is 4.79 Å². The van der Waals surface area contributed by atoms with E-state index in [4.69, 9.17) is 27.9 Å². The zero-order valence-corrected chi connectivity index (χ0v) is 14.4. The van der Waals surface area contributed by atoms with Crippen LogP contribution < -0.4 is 10.1 Å². The van der Waals surface area contributed by atoms with Crippen molar-refractivity contribution in [2.24, 2.45) is 0 Å². The Morgan fingerprint density at radius 1 is 1.25 bits per heavy atom. The van der Waals surface area contributed by atoms with Crippen LogP contribution in [-0.2, 0) is 11.3 Å². The number of fused-ring (bicyclic) bond motifs is 1. The minimum absolute atomic E-state index is 0.188. The van der Waals surface area contributed by atoms with Crippen molar-refractivity contribution < 1.29 is 9.53 Å². The van der Waals surface area contributed by atoms with Crippen LogP contribution in [-0.4, -0.2) is 22.1 Å². The zero-order valence-electron chi connectivity index (χ0n) is 12.9. The van der Waals surface area contributed by atoms with Crippen molar-refractivity contribution in [3.05, 3.63) is 52.5 Å². The van der Waals surface area contributed by atoms with Gasteiger partial charge in [0.2, 0.25) is 5.95 Å². The molecular weight excluding hydrogens is 349 g/mol. The SMILES string of the molecule is CCn1c(NC(=O)COc2cc(Cl)ccc2Cl)nc2ccccc21. The molecule has 0 bridgehead atoms. The van der Waals surface area contributed by atoms with Gasteiger partial charge in [-0.1, -0.05) is 35.3 Å². The van der Waals surface area contributed by atoms with Gasteiger partial charge in [-0.3, -0.25) is 10.1 Å². The number of rotatable bonds is 5. The van der Waals surface area contributed by atoms with E-state index in [1.54, 1.807) is 18.2 Å². The standard InChI is InChI=1S/C17H15Cl2N3O2/c1-2-22-14-6-4-3-5-13(14)20-17(22)21-16(23)10-24-15-9-11(18)7-8-12(15)19/h3-9H,2,10H2,1H3,(H,20,21,23). The van der Waals surface area contributed by atoms with Gasteiger partial charge in [0.15, 0.2) is 6.61 Å². The highest BCUT2D eigenvalue weighted by atomic mass is 35.5. The molecule has 1 heterocycles. The highest BCUT2D eigenvalue weighted by Gasteiger charge is 2.13. The lowest BCUT2D eigenvalue weighted by Crippen LogP contribution is -2.22. The fourth-order valence-corrected chi connectivity index (χ4v) is 2.72. The van der Waals surface area contributed by atoms with Crippen LogP contribution in [0.2, 0.25) is 10.0 Å². The van der Waals surface area contributed by atoms with Crippen LogP contribution >= 0.6 is 23.2 Å². The number of imidazole rings is 1. The molecule has 0 saturated heterocycles. The number of halogens is 2. The molecule has 7 heteroatoms. The zero-order chi connectivity index (χ0) is 17.1. The number of hydrogen-bond acceptors (Lipinski definition) is 3. The highest BCUT2D eigenvalue weighted by molar-refractivity contribution is 6.34. The van der Waals surface area contributed by atoms with Crippen molar-refractivity contribution in [3.63, 3.8) is 0 Å². The van der Waals surface area contributed by atoms with Crippen LogP contribution in [0.15, 0.2) is 42.5 Å². The second-order valence-corrected chi connectivity index (χ2v) is 5.92. The number of ether oxygens (including phenoxy) is 1. The number of benzene rings is 2. The Labute approximate surface area is 149 Å². The van der Waals surface area contributed by atoms with Crippen LogP contribution in [0.3, 0.4) is 0 Å². The third kappa shape index (κ3) is 3.47. The summed E-state index contributed by atoms with van der Waals surface area (Å²) in [6.45, 7) is 2.50. The summed E-state index contributed by atoms with van der Waals surface area (Å²) in [5.74, 6) is 0.531. The summed E-state index contributed by atoms with van der Waals surface area (Å²) in [7, 11) is 0. The number of aromatic nitrogens is 2. The Kier molecular flexibility index (Phi) is 4.92. The Hall–Kier alpha value is -2.24. The summed E-state index contributed by atoms with van der Waals surface area (Å²) in [5, 5.41) is 3.65. The van der Waals surface area contributed by atoms with Crippen molar-refractivity contribution in [1.82, 2.24) is 9.55 Å². The molecule has 1 amide bonds. The third-order valence-electron chi connectivity index (χ3n) is 3.47. The van der Waals surface area contributed by atoms with Crippen molar-refractivity contribution in [2.45, 2.75) is 13.5 Å². The lowest BCUT2D eigenvalue weighted by Gasteiger charge is -2.10. The van der Waals surface area contributed by atoms with E-state index in [1.165, 1.54) is 0 Å². The Morgan fingerprint density at radius 3 is 2.83 bits per heavy atom. The van der Waals surface area contributed by atoms with Crippen LogP contribution in [0.5, 0.6) is 5.75 Å². The molecule has 0 radical (unpaired) electrons. The van der Waals surface area contributed by atoms with Gasteiger partial charge in [0.05, 0.1) is 16.1 Å². The topological polar surface area (TPSA) is 56.2 Å². The minimum atomic E-state index is -0.323. The van der Waals surface area contributed by atoms with Gasteiger partial charge in [0, 0.05) is 17.6 Å². The molecule has 0 unspecified atom stereocenters. The van der Waals surface area contributed by atoms with Crippen LogP contribution in [0, 0.1) is 0 Å². The van der Waals surface area contributed by atoms with Gasteiger partial charge in [0.25, 0.3) is 5.91 Å². The van der Waals surface area contributed by atoms with E-state index < -0.39 is 0 Å². The highest BCUT2D eigenvalue weighted by Crippen LogP contribution is 2.27. The Balaban J connectivity index is 1.72. The second kappa shape index (κ2) is 7.11. The second-order valence-electron chi connectivity index (χ2n) is 5.08. The molecule has 5 nitrogen and oxygen atoms in total. The number of anilines is 1. The molecule has 24 heavy (non-hydrogen) atoms. The molecule has 1 aromatic heterocycles. The first kappa shape index (κ1) is 16.6. The van der Waals surface area contributed by atoms with Crippen LogP contribution in [0.4, 0.5) is 5.95 Å². The van der Waals surface area contributed by atoms with Gasteiger partial charge < -0.3 is 9.30 Å². The van der Waals surface area contributed by atoms with E-state index in [-0.39, 0.29) is 12.5 Å². The molecule has 1 N–H and O–H groups in total. The number of nitrogens with one attached hydrogen (secondary N) is 1. The van der Waals surface area contributed by atoms with Gasteiger partial charge in [-0.25, -0.2) is 4.98 Å². The van der Waals surface area contributed by atoms with E-state index in [1.807, 2.05) is 35.8 Å². The average molecular weight is 364 g/mol. The van der Waals surface area contributed by atoms with E-state index in [2.05, 4.69) is 10.3 Å². The summed E-state index contributed by atoms with van der Waals surface area (Å²) < 4.78 is 7.36. The quantitative estimate of drug-likeness (QED) is 0.731. The van der Waals surface area contributed by atoms with Gasteiger partial charge >= 0.3 is 0 Å². The predicted octanol–water partition coefficient (Wildman–Crippen LogP) is 4.38. The predicted molar refractivity (Wildman–Crippen MR) is 96.0 cm³/mol. The van der Waals surface area contributed by atoms with Crippen molar-refractivity contribution in [1.29, 1.82) is 0 Å². The van der Waals surface area contributed by atoms with Gasteiger partial charge in [-0.2, -0.15) is 0 Å². The molecule has 0 aliphatic rings. The first-order valence-corrected chi connectivity index (χ1v) is 8.17. The lowest BCUT2D eigenvalue weighted by atomic mass is 10.3. The first-order chi connectivity index (χ1) is 11.6. The largest absolute Gasteiger partial charge is 0.482 e. The molecular formula is C17H15Cl2N3O2. The maximum absolute atomic E-state index is 12.2. The molecule has 3 rings (SSSR count). The van der Waals surface area contributed by atoms with E-state index in [0.717, 1.165) is 11.0 Å². The van der Waals surface area contributed by atoms with Crippen LogP contribution in [0.1, 0.15) is 6.92 Å². The molecule has 0 aliphatic heterocycles. The summed E-state index contributed by atoms with van der Waals surface area (Å²) in [6, 6.07) is 12.5. The number of carbonyl (C=O) groups excluding carboxylic acids is 1. The molecule has 0 atom stereocenters. The smallest absolute Gasteiger partial charge is 0.264 e. The molecule has 0 saturated carbocycles. The number of amides is 1. The monoisotopic (exact) mass is 363 g/mol. The number of carbonyl (C=O) groups is 1. The first-order valence-electron chi connectivity index (χ1n) is 7.41. The minimum Gasteiger partial charge on any atom is -0.482 e. The maximum atomic E-state index is 12.2. The van der Waals surface area contributed by atoms with Crippen molar-refractivity contribution in [2.75, 3.05) is 11.9 Å². The van der Waals surface area contributed by atoms with Crippen LogP contribution in [0.25, 0.3) is 11.0 Å². The molecule has 0 fully saturated rings. The van der Waals surface area contributed by atoms with Crippen molar-refractivity contribution >= 4 is 46.1 Å². The summed E-state index contributed by atoms with van der Waals surface area (Å²) in [4.78, 5) is 16.6. The molecule has 0 spiro atoms. The average Bonchev–Trinajstić information content (AvgIpc) is 2.92. The maximum Gasteiger partial charge on any atom is 0.264 e. The van der Waals surface area contributed by atoms with E-state index in [0.29, 0.717) is 28.3 Å². The number of aryl methyl sites for hydroxylation is 1. The van der Waals surface area contributed by atoms with Gasteiger partial charge in [-0.05, 0) is 31.2 Å². The van der Waals surface area contributed by atoms with Crippen molar-refractivity contribution in [3.8, 4) is 5.75 Å². The molecule has 3 aromatic rings. The van der Waals surface area contributed by atoms with E-state index >= 15 is 0 Å². The molecule has 124 valence electrons. The normalized spacial score (nSPS) is 10.8. The number of hydrogen-bond donors (Lipinski definition) is 1. The molecule has 2 aromatic carbocycles. The summed E-state index contributed by atoms with van der Waals surface area (Å²) in [5.41, 5.74) is 1.79. The summed E-state index contributed by atoms with van der Waals surface area (Å²) >= 11 is 11.9. The Morgan fingerprint density at radius 2 is 2.04 bits per heavy atom. The number of nitrogens with zero attached hydrogens (tertiary/aromatic N) is 2. The fraction of sp³-hybridized carbons (Fsp3) is 0.176. The lowest BCUT2D eigenvalue weighted by molar-refractivity contribution is -0.118. The van der Waals surface area contributed by atoms with Gasteiger partial charge in [-0.15, -0.1) is 0 Å².